The number of benzene rings is 2. The molecule has 0 unspecified atom stereocenters. The van der Waals surface area contributed by atoms with Crippen LogP contribution in [-0.4, -0.2) is 30.6 Å². The lowest BCUT2D eigenvalue weighted by Gasteiger charge is -2.13. The summed E-state index contributed by atoms with van der Waals surface area (Å²) in [6, 6.07) is 12.8. The second-order valence-corrected chi connectivity index (χ2v) is 6.98. The number of carbonyl (C=O) groups is 2. The first kappa shape index (κ1) is 18.1. The molecule has 0 saturated carbocycles. The van der Waals surface area contributed by atoms with Gasteiger partial charge < -0.3 is 14.6 Å². The summed E-state index contributed by atoms with van der Waals surface area (Å²) in [6.07, 6.45) is 1.82. The standard InChI is InChI=1S/C20H18O5S/c1-12(20(22)23)11-25-15-8-7-13(9-16(15)24-2)10-18-19(21)14-5-3-4-6-17(14)26-18/h3-10,12H,11H2,1-2H3,(H,22,23)/b18-10-/t12-/m1/s1. The number of Topliss-reactive ketones (excluding diaryl/α,β-unsaturated/α-hetero) is 1. The van der Waals surface area contributed by atoms with Crippen molar-refractivity contribution in [3.05, 3.63) is 58.5 Å². The molecule has 3 rings (SSSR count). The number of carboxylic acid groups (broad SMARTS) is 1. The van der Waals surface area contributed by atoms with E-state index in [4.69, 9.17) is 14.6 Å². The van der Waals surface area contributed by atoms with Gasteiger partial charge in [-0.2, -0.15) is 0 Å². The highest BCUT2D eigenvalue weighted by Crippen LogP contribution is 2.41. The first-order valence-corrected chi connectivity index (χ1v) is 8.88. The summed E-state index contributed by atoms with van der Waals surface area (Å²) < 4.78 is 10.9. The number of carbonyl (C=O) groups excluding carboxylic acids is 1. The predicted molar refractivity (Wildman–Crippen MR) is 99.9 cm³/mol. The Labute approximate surface area is 155 Å². The van der Waals surface area contributed by atoms with Crippen LogP contribution in [0.15, 0.2) is 52.3 Å². The van der Waals surface area contributed by atoms with Crippen molar-refractivity contribution in [2.24, 2.45) is 5.92 Å². The zero-order chi connectivity index (χ0) is 18.7. The average molecular weight is 370 g/mol. The zero-order valence-electron chi connectivity index (χ0n) is 14.4. The Kier molecular flexibility index (Phi) is 5.32. The molecule has 0 radical (unpaired) electrons. The van der Waals surface area contributed by atoms with E-state index in [0.717, 1.165) is 16.0 Å². The fourth-order valence-electron chi connectivity index (χ4n) is 2.47. The third-order valence-electron chi connectivity index (χ3n) is 3.97. The van der Waals surface area contributed by atoms with E-state index in [2.05, 4.69) is 0 Å². The molecule has 0 aliphatic carbocycles. The molecule has 134 valence electrons. The van der Waals surface area contributed by atoms with Gasteiger partial charge in [0, 0.05) is 10.5 Å². The van der Waals surface area contributed by atoms with Gasteiger partial charge >= 0.3 is 5.97 Å². The van der Waals surface area contributed by atoms with Crippen LogP contribution in [0.4, 0.5) is 0 Å². The quantitative estimate of drug-likeness (QED) is 0.771. The van der Waals surface area contributed by atoms with Crippen LogP contribution < -0.4 is 9.47 Å². The Balaban J connectivity index is 1.80. The van der Waals surface area contributed by atoms with Gasteiger partial charge in [-0.05, 0) is 42.8 Å². The molecule has 0 bridgehead atoms. The molecule has 1 heterocycles. The van der Waals surface area contributed by atoms with Gasteiger partial charge in [0.1, 0.15) is 6.61 Å². The molecule has 1 aliphatic heterocycles. The summed E-state index contributed by atoms with van der Waals surface area (Å²) in [6.45, 7) is 1.63. The minimum atomic E-state index is -0.915. The molecule has 0 saturated heterocycles. The Bertz CT molecular complexity index is 888. The van der Waals surface area contributed by atoms with Crippen molar-refractivity contribution in [1.82, 2.24) is 0 Å². The van der Waals surface area contributed by atoms with Gasteiger partial charge in [-0.3, -0.25) is 9.59 Å². The summed E-state index contributed by atoms with van der Waals surface area (Å²) in [7, 11) is 1.52. The lowest BCUT2D eigenvalue weighted by atomic mass is 10.1. The van der Waals surface area contributed by atoms with Crippen LogP contribution >= 0.6 is 11.8 Å². The summed E-state index contributed by atoms with van der Waals surface area (Å²) in [4.78, 5) is 25.0. The lowest BCUT2D eigenvalue weighted by Crippen LogP contribution is -2.18. The molecule has 0 amide bonds. The minimum absolute atomic E-state index is 0.0141. The summed E-state index contributed by atoms with van der Waals surface area (Å²) in [5.74, 6) is -0.560. The molecule has 6 heteroatoms. The molecule has 1 N–H and O–H groups in total. The Morgan fingerprint density at radius 1 is 1.23 bits per heavy atom. The summed E-state index contributed by atoms with van der Waals surface area (Å²) >= 11 is 1.45. The smallest absolute Gasteiger partial charge is 0.309 e. The monoisotopic (exact) mass is 370 g/mol. The largest absolute Gasteiger partial charge is 0.493 e. The number of aliphatic carboxylic acids is 1. The fourth-order valence-corrected chi connectivity index (χ4v) is 3.52. The van der Waals surface area contributed by atoms with Crippen molar-refractivity contribution in [2.45, 2.75) is 11.8 Å². The number of rotatable bonds is 6. The zero-order valence-corrected chi connectivity index (χ0v) is 15.2. The molecule has 0 fully saturated rings. The van der Waals surface area contributed by atoms with Crippen LogP contribution in [-0.2, 0) is 4.79 Å². The maximum atomic E-state index is 12.5. The SMILES string of the molecule is COc1cc(/C=C2\Sc3ccccc3C2=O)ccc1OC[C@@H](C)C(=O)O. The maximum Gasteiger partial charge on any atom is 0.309 e. The summed E-state index contributed by atoms with van der Waals surface area (Å²) in [5, 5.41) is 8.94. The first-order chi connectivity index (χ1) is 12.5. The summed E-state index contributed by atoms with van der Waals surface area (Å²) in [5.41, 5.74) is 1.53. The van der Waals surface area contributed by atoms with Gasteiger partial charge in [-0.1, -0.05) is 30.0 Å². The Morgan fingerprint density at radius 2 is 2.00 bits per heavy atom. The minimum Gasteiger partial charge on any atom is -0.493 e. The normalized spacial score (nSPS) is 15.6. The van der Waals surface area contributed by atoms with Crippen molar-refractivity contribution in [2.75, 3.05) is 13.7 Å². The molecule has 5 nitrogen and oxygen atoms in total. The number of carboxylic acids is 1. The fraction of sp³-hybridized carbons (Fsp3) is 0.200. The van der Waals surface area contributed by atoms with E-state index in [1.165, 1.54) is 18.9 Å². The number of ether oxygens (including phenoxy) is 2. The van der Waals surface area contributed by atoms with Crippen molar-refractivity contribution < 1.29 is 24.2 Å². The molecule has 2 aromatic rings. The molecular weight excluding hydrogens is 352 g/mol. The number of allylic oxidation sites excluding steroid dienone is 1. The lowest BCUT2D eigenvalue weighted by molar-refractivity contribution is -0.142. The van der Waals surface area contributed by atoms with Crippen LogP contribution in [0.3, 0.4) is 0 Å². The highest BCUT2D eigenvalue weighted by Gasteiger charge is 2.25. The number of ketones is 1. The number of methoxy groups -OCH3 is 1. The van der Waals surface area contributed by atoms with Crippen LogP contribution in [0.5, 0.6) is 11.5 Å². The predicted octanol–water partition coefficient (Wildman–Crippen LogP) is 4.12. The van der Waals surface area contributed by atoms with Gasteiger partial charge in [-0.25, -0.2) is 0 Å². The average Bonchev–Trinajstić information content (AvgIpc) is 2.96. The van der Waals surface area contributed by atoms with Crippen LogP contribution in [0.1, 0.15) is 22.8 Å². The van der Waals surface area contributed by atoms with Gasteiger partial charge in [0.25, 0.3) is 0 Å². The molecule has 1 atom stereocenters. The third-order valence-corrected chi connectivity index (χ3v) is 5.07. The van der Waals surface area contributed by atoms with E-state index >= 15 is 0 Å². The van der Waals surface area contributed by atoms with Gasteiger partial charge in [-0.15, -0.1) is 0 Å². The van der Waals surface area contributed by atoms with Crippen LogP contribution in [0.25, 0.3) is 6.08 Å². The van der Waals surface area contributed by atoms with Crippen molar-refractivity contribution in [3.8, 4) is 11.5 Å². The van der Waals surface area contributed by atoms with Crippen molar-refractivity contribution >= 4 is 29.6 Å². The number of hydrogen-bond acceptors (Lipinski definition) is 5. The van der Waals surface area contributed by atoms with E-state index < -0.39 is 11.9 Å². The number of hydrogen-bond donors (Lipinski definition) is 1. The topological polar surface area (TPSA) is 72.8 Å². The van der Waals surface area contributed by atoms with Gasteiger partial charge in [0.05, 0.1) is 17.9 Å². The molecule has 26 heavy (non-hydrogen) atoms. The van der Waals surface area contributed by atoms with E-state index in [1.807, 2.05) is 36.4 Å². The van der Waals surface area contributed by atoms with Crippen LogP contribution in [0.2, 0.25) is 0 Å². The molecular formula is C20H18O5S. The molecule has 0 aromatic heterocycles. The van der Waals surface area contributed by atoms with Crippen LogP contribution in [0, 0.1) is 5.92 Å². The highest BCUT2D eigenvalue weighted by molar-refractivity contribution is 8.04. The van der Waals surface area contributed by atoms with E-state index in [1.54, 1.807) is 19.1 Å². The van der Waals surface area contributed by atoms with Crippen molar-refractivity contribution in [1.29, 1.82) is 0 Å². The van der Waals surface area contributed by atoms with E-state index in [9.17, 15) is 9.59 Å². The molecule has 0 spiro atoms. The second-order valence-electron chi connectivity index (χ2n) is 5.90. The van der Waals surface area contributed by atoms with Gasteiger partial charge in [0.15, 0.2) is 11.5 Å². The Morgan fingerprint density at radius 3 is 2.69 bits per heavy atom. The number of thioether (sulfide) groups is 1. The van der Waals surface area contributed by atoms with Gasteiger partial charge in [0.2, 0.25) is 5.78 Å². The number of fused-ring (bicyclic) bond motifs is 1. The van der Waals surface area contributed by atoms with E-state index in [-0.39, 0.29) is 12.4 Å². The highest BCUT2D eigenvalue weighted by atomic mass is 32.2. The maximum absolute atomic E-state index is 12.5. The molecule has 1 aliphatic rings. The van der Waals surface area contributed by atoms with Crippen molar-refractivity contribution in [3.63, 3.8) is 0 Å². The molecule has 2 aromatic carbocycles. The Hall–Kier alpha value is -2.73. The first-order valence-electron chi connectivity index (χ1n) is 8.06. The second kappa shape index (κ2) is 7.66. The third kappa shape index (κ3) is 3.75. The van der Waals surface area contributed by atoms with E-state index in [0.29, 0.717) is 16.4 Å².